The Labute approximate surface area is 218 Å². The second-order valence-corrected chi connectivity index (χ2v) is 13.2. The van der Waals surface area contributed by atoms with Crippen LogP contribution in [-0.4, -0.2) is 25.9 Å². The minimum Gasteiger partial charge on any atom is -0.282 e. The van der Waals surface area contributed by atoms with Crippen LogP contribution in [0.2, 0.25) is 0 Å². The van der Waals surface area contributed by atoms with E-state index in [0.717, 1.165) is 51.4 Å². The molecular formula is C28H44O6S2. The normalized spacial score (nSPS) is 14.3. The Kier molecular flexibility index (Phi) is 11.9. The van der Waals surface area contributed by atoms with Crippen molar-refractivity contribution >= 4 is 31.0 Å². The maximum atomic E-state index is 12.4. The summed E-state index contributed by atoms with van der Waals surface area (Å²) in [6.07, 6.45) is 12.1. The maximum absolute atomic E-state index is 12.4. The summed E-state index contributed by atoms with van der Waals surface area (Å²) < 4.78 is 69.6. The van der Waals surface area contributed by atoms with Crippen molar-refractivity contribution < 1.29 is 25.9 Å². The summed E-state index contributed by atoms with van der Waals surface area (Å²) in [7, 11) is -9.23. The molecule has 0 amide bonds. The smallest absolute Gasteiger partial charge is 0.282 e. The van der Waals surface area contributed by atoms with E-state index >= 15 is 0 Å². The molecule has 2 rings (SSSR count). The fraction of sp³-hybridized carbons (Fsp3) is 0.643. The fourth-order valence-electron chi connectivity index (χ4n) is 5.13. The third-order valence-corrected chi connectivity index (χ3v) is 8.84. The zero-order valence-corrected chi connectivity index (χ0v) is 23.9. The maximum Gasteiger partial charge on any atom is 0.295 e. The molecule has 0 fully saturated rings. The van der Waals surface area contributed by atoms with Crippen LogP contribution in [-0.2, 0) is 33.1 Å². The van der Waals surface area contributed by atoms with Gasteiger partial charge < -0.3 is 0 Å². The molecule has 36 heavy (non-hydrogen) atoms. The van der Waals surface area contributed by atoms with E-state index in [4.69, 9.17) is 0 Å². The van der Waals surface area contributed by atoms with E-state index in [9.17, 15) is 25.9 Å². The number of hydrogen-bond acceptors (Lipinski definition) is 4. The molecule has 2 aromatic carbocycles. The number of rotatable bonds is 16. The van der Waals surface area contributed by atoms with Crippen molar-refractivity contribution in [2.45, 2.75) is 115 Å². The van der Waals surface area contributed by atoms with Crippen LogP contribution in [0.4, 0.5) is 0 Å². The molecule has 204 valence electrons. The molecule has 2 N–H and O–H groups in total. The summed E-state index contributed by atoms with van der Waals surface area (Å²) in [4.78, 5) is -0.619. The van der Waals surface area contributed by atoms with Gasteiger partial charge in [0.25, 0.3) is 20.2 Å². The third kappa shape index (κ3) is 8.82. The molecule has 0 aromatic heterocycles. The fourth-order valence-corrected chi connectivity index (χ4v) is 6.60. The highest BCUT2D eigenvalue weighted by atomic mass is 32.2. The second-order valence-electron chi connectivity index (χ2n) is 10.5. The van der Waals surface area contributed by atoms with Crippen LogP contribution in [0.15, 0.2) is 34.1 Å². The molecule has 0 aliphatic carbocycles. The lowest BCUT2D eigenvalue weighted by atomic mass is 9.88. The highest BCUT2D eigenvalue weighted by Gasteiger charge is 2.26. The summed E-state index contributed by atoms with van der Waals surface area (Å²) in [6, 6.07) is 5.92. The van der Waals surface area contributed by atoms with Gasteiger partial charge in [-0.1, -0.05) is 104 Å². The molecule has 2 atom stereocenters. The Balaban J connectivity index is 2.60. The molecule has 8 heteroatoms. The van der Waals surface area contributed by atoms with Crippen molar-refractivity contribution in [1.29, 1.82) is 0 Å². The molecule has 2 aromatic rings. The van der Waals surface area contributed by atoms with Crippen LogP contribution in [0, 0.1) is 11.8 Å². The monoisotopic (exact) mass is 540 g/mol. The van der Waals surface area contributed by atoms with Crippen molar-refractivity contribution in [3.8, 4) is 0 Å². The Morgan fingerprint density at radius 1 is 0.611 bits per heavy atom. The number of benzene rings is 2. The minimum absolute atomic E-state index is 0.212. The highest BCUT2D eigenvalue weighted by molar-refractivity contribution is 7.86. The van der Waals surface area contributed by atoms with Crippen LogP contribution in [0.3, 0.4) is 0 Å². The summed E-state index contributed by atoms with van der Waals surface area (Å²) >= 11 is 0. The molecule has 0 saturated heterocycles. The topological polar surface area (TPSA) is 109 Å². The van der Waals surface area contributed by atoms with Crippen molar-refractivity contribution in [1.82, 2.24) is 0 Å². The summed E-state index contributed by atoms with van der Waals surface area (Å²) in [5, 5.41) is 0.424. The molecule has 0 saturated carbocycles. The molecule has 6 nitrogen and oxygen atoms in total. The van der Waals surface area contributed by atoms with E-state index < -0.39 is 20.2 Å². The van der Waals surface area contributed by atoms with Crippen LogP contribution >= 0.6 is 0 Å². The summed E-state index contributed by atoms with van der Waals surface area (Å²) in [5.74, 6) is 0.495. The Hall–Kier alpha value is -1.48. The van der Waals surface area contributed by atoms with Crippen LogP contribution in [0.5, 0.6) is 0 Å². The first-order valence-electron chi connectivity index (χ1n) is 13.4. The third-order valence-electron chi connectivity index (χ3n) is 7.05. The van der Waals surface area contributed by atoms with E-state index in [-0.39, 0.29) is 32.4 Å². The predicted octanol–water partition coefficient (Wildman–Crippen LogP) is 7.63. The lowest BCUT2D eigenvalue weighted by Crippen LogP contribution is -2.10. The zero-order valence-electron chi connectivity index (χ0n) is 22.3. The van der Waals surface area contributed by atoms with Crippen molar-refractivity contribution in [3.63, 3.8) is 0 Å². The van der Waals surface area contributed by atoms with E-state index in [1.54, 1.807) is 12.1 Å². The van der Waals surface area contributed by atoms with Gasteiger partial charge in [0, 0.05) is 10.8 Å². The van der Waals surface area contributed by atoms with Crippen molar-refractivity contribution in [2.24, 2.45) is 11.8 Å². The van der Waals surface area contributed by atoms with E-state index in [1.807, 2.05) is 0 Å². The van der Waals surface area contributed by atoms with Gasteiger partial charge in [-0.05, 0) is 47.9 Å². The molecular weight excluding hydrogens is 496 g/mol. The number of hydrogen-bond donors (Lipinski definition) is 2. The lowest BCUT2D eigenvalue weighted by molar-refractivity contribution is 0.478. The van der Waals surface area contributed by atoms with Crippen LogP contribution in [0.1, 0.15) is 103 Å². The SMILES string of the molecule is CCCCCCC(C)Cc1ccc(S(=O)(=O)O)c2c(CC(C)CCCCCC)ccc(S(=O)(=O)O)c12. The Bertz CT molecular complexity index is 1110. The Morgan fingerprint density at radius 3 is 1.28 bits per heavy atom. The molecule has 0 aliphatic heterocycles. The van der Waals surface area contributed by atoms with Gasteiger partial charge in [-0.25, -0.2) is 0 Å². The summed E-state index contributed by atoms with van der Waals surface area (Å²) in [6.45, 7) is 8.52. The van der Waals surface area contributed by atoms with Gasteiger partial charge in [-0.15, -0.1) is 0 Å². The minimum atomic E-state index is -4.62. The largest absolute Gasteiger partial charge is 0.295 e. The average molecular weight is 541 g/mol. The lowest BCUT2D eigenvalue weighted by Gasteiger charge is -2.20. The number of unbranched alkanes of at least 4 members (excludes halogenated alkanes) is 6. The van der Waals surface area contributed by atoms with E-state index in [0.29, 0.717) is 24.0 Å². The molecule has 0 spiro atoms. The van der Waals surface area contributed by atoms with Gasteiger partial charge in [0.05, 0.1) is 0 Å². The predicted molar refractivity (Wildman–Crippen MR) is 147 cm³/mol. The van der Waals surface area contributed by atoms with Gasteiger partial charge in [-0.3, -0.25) is 9.11 Å². The second kappa shape index (κ2) is 13.9. The van der Waals surface area contributed by atoms with Gasteiger partial charge >= 0.3 is 0 Å². The molecule has 2 unspecified atom stereocenters. The molecule has 0 radical (unpaired) electrons. The first-order valence-corrected chi connectivity index (χ1v) is 16.3. The summed E-state index contributed by atoms with van der Waals surface area (Å²) in [5.41, 5.74) is 1.34. The molecule has 0 bridgehead atoms. The molecule has 0 heterocycles. The van der Waals surface area contributed by atoms with Gasteiger partial charge in [0.1, 0.15) is 9.79 Å². The van der Waals surface area contributed by atoms with Crippen molar-refractivity contribution in [3.05, 3.63) is 35.4 Å². The van der Waals surface area contributed by atoms with Gasteiger partial charge in [-0.2, -0.15) is 16.8 Å². The molecule has 0 aliphatic rings. The van der Waals surface area contributed by atoms with Crippen LogP contribution < -0.4 is 0 Å². The zero-order chi connectivity index (χ0) is 26.9. The standard InChI is InChI=1S/C28H44O6S2/c1-5-7-9-11-13-21(3)19-23-15-17-26(36(32,33)34)28-24(20-22(4)14-12-10-8-6-2)16-18-25(27(23)28)35(29,30)31/h15-18,21-22H,5-14,19-20H2,1-4H3,(H,29,30,31)(H,32,33,34). The van der Waals surface area contributed by atoms with Gasteiger partial charge in [0.15, 0.2) is 0 Å². The van der Waals surface area contributed by atoms with E-state index in [1.165, 1.54) is 25.0 Å². The van der Waals surface area contributed by atoms with E-state index in [2.05, 4.69) is 27.7 Å². The van der Waals surface area contributed by atoms with Crippen molar-refractivity contribution in [2.75, 3.05) is 0 Å². The quantitative estimate of drug-likeness (QED) is 0.167. The highest BCUT2D eigenvalue weighted by Crippen LogP contribution is 2.37. The first kappa shape index (κ1) is 30.7. The average Bonchev–Trinajstić information content (AvgIpc) is 2.78. The first-order chi connectivity index (χ1) is 16.9. The van der Waals surface area contributed by atoms with Crippen LogP contribution in [0.25, 0.3) is 10.8 Å². The number of fused-ring (bicyclic) bond motifs is 1. The van der Waals surface area contributed by atoms with Gasteiger partial charge in [0.2, 0.25) is 0 Å². The Morgan fingerprint density at radius 2 is 0.972 bits per heavy atom.